The molecule has 1 atom stereocenters. The van der Waals surface area contributed by atoms with E-state index in [2.05, 4.69) is 69.0 Å². The van der Waals surface area contributed by atoms with Gasteiger partial charge >= 0.3 is 0 Å². The Balaban J connectivity index is 1.92. The minimum absolute atomic E-state index is 0.330. The van der Waals surface area contributed by atoms with Crippen molar-refractivity contribution in [2.45, 2.75) is 71.8 Å². The van der Waals surface area contributed by atoms with Crippen molar-refractivity contribution in [3.05, 3.63) is 47.5 Å². The Morgan fingerprint density at radius 1 is 1.00 bits per heavy atom. The van der Waals surface area contributed by atoms with Crippen molar-refractivity contribution in [3.63, 3.8) is 0 Å². The molecule has 1 aliphatic rings. The van der Waals surface area contributed by atoms with Crippen LogP contribution in [0.3, 0.4) is 0 Å². The first-order valence-corrected chi connectivity index (χ1v) is 11.0. The standard InChI is InChI=1S/C25H38N2/c1-5-19-8-9-21-17-22(11-10-20(21)16-19)24(25(4,6-2)7-3)18-27-14-12-23(26)13-15-27/h8-11,16-17,23-24H,5-7,12-15,18,26H2,1-4H3. The summed E-state index contributed by atoms with van der Waals surface area (Å²) in [5, 5.41) is 2.75. The van der Waals surface area contributed by atoms with Gasteiger partial charge in [0.2, 0.25) is 0 Å². The summed E-state index contributed by atoms with van der Waals surface area (Å²) in [5.41, 5.74) is 9.39. The van der Waals surface area contributed by atoms with Gasteiger partial charge in [-0.25, -0.2) is 0 Å². The van der Waals surface area contributed by atoms with Crippen LogP contribution in [0.15, 0.2) is 36.4 Å². The van der Waals surface area contributed by atoms with Gasteiger partial charge in [0.25, 0.3) is 0 Å². The number of nitrogens with two attached hydrogens (primary N) is 1. The van der Waals surface area contributed by atoms with Gasteiger partial charge < -0.3 is 10.6 Å². The van der Waals surface area contributed by atoms with Crippen LogP contribution < -0.4 is 5.73 Å². The second-order valence-corrected chi connectivity index (χ2v) is 8.85. The van der Waals surface area contributed by atoms with Crippen LogP contribution in [0.2, 0.25) is 0 Å². The molecular weight excluding hydrogens is 328 g/mol. The molecule has 0 spiro atoms. The van der Waals surface area contributed by atoms with Crippen LogP contribution in [0.4, 0.5) is 0 Å². The highest BCUT2D eigenvalue weighted by Gasteiger charge is 2.34. The maximum absolute atomic E-state index is 6.14. The monoisotopic (exact) mass is 366 g/mol. The highest BCUT2D eigenvalue weighted by molar-refractivity contribution is 5.84. The molecule has 2 nitrogen and oxygen atoms in total. The second kappa shape index (κ2) is 8.75. The Morgan fingerprint density at radius 2 is 1.63 bits per heavy atom. The zero-order chi connectivity index (χ0) is 19.4. The SMILES string of the molecule is CCc1ccc2cc(C(CN3CCC(N)CC3)C(C)(CC)CC)ccc2c1. The van der Waals surface area contributed by atoms with E-state index in [1.807, 2.05) is 0 Å². The maximum atomic E-state index is 6.14. The Bertz CT molecular complexity index is 739. The second-order valence-electron chi connectivity index (χ2n) is 8.85. The maximum Gasteiger partial charge on any atom is 0.00631 e. The number of fused-ring (bicyclic) bond motifs is 1. The predicted octanol–water partition coefficient (Wildman–Crippen LogP) is 5.74. The van der Waals surface area contributed by atoms with Crippen molar-refractivity contribution < 1.29 is 0 Å². The highest BCUT2D eigenvalue weighted by atomic mass is 15.1. The third kappa shape index (κ3) is 4.55. The quantitative estimate of drug-likeness (QED) is 0.677. The Morgan fingerprint density at radius 3 is 2.26 bits per heavy atom. The largest absolute Gasteiger partial charge is 0.328 e. The molecule has 0 saturated carbocycles. The van der Waals surface area contributed by atoms with Crippen molar-refractivity contribution in [3.8, 4) is 0 Å². The van der Waals surface area contributed by atoms with Crippen LogP contribution in [0.1, 0.15) is 70.4 Å². The van der Waals surface area contributed by atoms with Gasteiger partial charge in [0.05, 0.1) is 0 Å². The van der Waals surface area contributed by atoms with Gasteiger partial charge in [0.15, 0.2) is 0 Å². The van der Waals surface area contributed by atoms with E-state index in [1.54, 1.807) is 0 Å². The lowest BCUT2D eigenvalue weighted by molar-refractivity contribution is 0.139. The van der Waals surface area contributed by atoms with Crippen LogP contribution in [0.5, 0.6) is 0 Å². The summed E-state index contributed by atoms with van der Waals surface area (Å²) in [6.07, 6.45) is 5.81. The number of rotatable bonds is 7. The molecular formula is C25H38N2. The molecule has 1 saturated heterocycles. The van der Waals surface area contributed by atoms with Crippen molar-refractivity contribution in [2.24, 2.45) is 11.1 Å². The average molecular weight is 367 g/mol. The van der Waals surface area contributed by atoms with E-state index in [1.165, 1.54) is 34.7 Å². The summed E-state index contributed by atoms with van der Waals surface area (Å²) in [7, 11) is 0. The van der Waals surface area contributed by atoms with Gasteiger partial charge in [-0.2, -0.15) is 0 Å². The van der Waals surface area contributed by atoms with Gasteiger partial charge in [0.1, 0.15) is 0 Å². The molecule has 148 valence electrons. The van der Waals surface area contributed by atoms with E-state index in [0.29, 0.717) is 17.4 Å². The molecule has 0 aromatic heterocycles. The summed E-state index contributed by atoms with van der Waals surface area (Å²) >= 11 is 0. The number of likely N-dealkylation sites (tertiary alicyclic amines) is 1. The molecule has 1 fully saturated rings. The lowest BCUT2D eigenvalue weighted by Gasteiger charge is -2.41. The minimum atomic E-state index is 0.330. The molecule has 0 bridgehead atoms. The van der Waals surface area contributed by atoms with E-state index in [4.69, 9.17) is 5.73 Å². The molecule has 1 aliphatic heterocycles. The topological polar surface area (TPSA) is 29.3 Å². The van der Waals surface area contributed by atoms with Crippen LogP contribution in [-0.2, 0) is 6.42 Å². The molecule has 27 heavy (non-hydrogen) atoms. The van der Waals surface area contributed by atoms with E-state index in [0.717, 1.165) is 38.9 Å². The van der Waals surface area contributed by atoms with Crippen molar-refractivity contribution in [1.29, 1.82) is 0 Å². The predicted molar refractivity (Wildman–Crippen MR) is 118 cm³/mol. The van der Waals surface area contributed by atoms with E-state index >= 15 is 0 Å². The van der Waals surface area contributed by atoms with Crippen LogP contribution in [0.25, 0.3) is 10.8 Å². The molecule has 2 heteroatoms. The number of piperidine rings is 1. The van der Waals surface area contributed by atoms with Crippen LogP contribution >= 0.6 is 0 Å². The van der Waals surface area contributed by atoms with Crippen molar-refractivity contribution >= 4 is 10.8 Å². The summed E-state index contributed by atoms with van der Waals surface area (Å²) < 4.78 is 0. The van der Waals surface area contributed by atoms with Gasteiger partial charge in [0, 0.05) is 18.5 Å². The zero-order valence-electron chi connectivity index (χ0n) is 17.8. The summed E-state index contributed by atoms with van der Waals surface area (Å²) in [6.45, 7) is 12.9. The zero-order valence-corrected chi connectivity index (χ0v) is 17.8. The Labute approximate surface area is 166 Å². The third-order valence-corrected chi connectivity index (χ3v) is 7.27. The number of hydrogen-bond acceptors (Lipinski definition) is 2. The minimum Gasteiger partial charge on any atom is -0.328 e. The van der Waals surface area contributed by atoms with Crippen LogP contribution in [0, 0.1) is 5.41 Å². The normalized spacial score (nSPS) is 18.1. The Hall–Kier alpha value is -1.38. The molecule has 2 aromatic rings. The average Bonchev–Trinajstić information content (AvgIpc) is 2.72. The number of benzene rings is 2. The first-order chi connectivity index (χ1) is 13.0. The van der Waals surface area contributed by atoms with E-state index in [9.17, 15) is 0 Å². The summed E-state index contributed by atoms with van der Waals surface area (Å²) in [4.78, 5) is 2.65. The lowest BCUT2D eigenvalue weighted by Crippen LogP contribution is -2.43. The fraction of sp³-hybridized carbons (Fsp3) is 0.600. The van der Waals surface area contributed by atoms with Crippen molar-refractivity contribution in [2.75, 3.05) is 19.6 Å². The molecule has 1 unspecified atom stereocenters. The molecule has 2 N–H and O–H groups in total. The number of aryl methyl sites for hydroxylation is 1. The molecule has 3 rings (SSSR count). The van der Waals surface area contributed by atoms with Gasteiger partial charge in [-0.3, -0.25) is 0 Å². The van der Waals surface area contributed by atoms with E-state index < -0.39 is 0 Å². The Kier molecular flexibility index (Phi) is 6.60. The fourth-order valence-corrected chi connectivity index (χ4v) is 4.62. The molecule has 0 radical (unpaired) electrons. The number of hydrogen-bond donors (Lipinski definition) is 1. The number of nitrogens with zero attached hydrogens (tertiary/aromatic N) is 1. The smallest absolute Gasteiger partial charge is 0.00631 e. The van der Waals surface area contributed by atoms with Gasteiger partial charge in [-0.15, -0.1) is 0 Å². The van der Waals surface area contributed by atoms with Gasteiger partial charge in [-0.05, 0) is 59.7 Å². The molecule has 2 aromatic carbocycles. The summed E-state index contributed by atoms with van der Waals surface area (Å²) in [6, 6.07) is 14.5. The lowest BCUT2D eigenvalue weighted by atomic mass is 9.69. The van der Waals surface area contributed by atoms with E-state index in [-0.39, 0.29) is 0 Å². The van der Waals surface area contributed by atoms with Gasteiger partial charge in [-0.1, -0.05) is 76.9 Å². The molecule has 0 amide bonds. The van der Waals surface area contributed by atoms with Crippen LogP contribution in [-0.4, -0.2) is 30.6 Å². The van der Waals surface area contributed by atoms with Crippen molar-refractivity contribution in [1.82, 2.24) is 4.90 Å². The fourth-order valence-electron chi connectivity index (χ4n) is 4.62. The first-order valence-electron chi connectivity index (χ1n) is 11.0. The first kappa shape index (κ1) is 20.4. The highest BCUT2D eigenvalue weighted by Crippen LogP contribution is 2.43. The summed E-state index contributed by atoms with van der Waals surface area (Å²) in [5.74, 6) is 0.567. The molecule has 1 heterocycles. The third-order valence-electron chi connectivity index (χ3n) is 7.27. The molecule has 0 aliphatic carbocycles.